The summed E-state index contributed by atoms with van der Waals surface area (Å²) in [5, 5.41) is 4.17. The molecule has 2 atom stereocenters. The molecule has 0 aliphatic carbocycles. The minimum absolute atomic E-state index is 0.359. The molecule has 1 aromatic heterocycles. The lowest BCUT2D eigenvalue weighted by Crippen LogP contribution is -2.46. The van der Waals surface area contributed by atoms with Crippen LogP contribution in [0.1, 0.15) is 19.9 Å². The van der Waals surface area contributed by atoms with Crippen molar-refractivity contribution in [2.75, 3.05) is 49.3 Å². The van der Waals surface area contributed by atoms with E-state index in [4.69, 9.17) is 8.92 Å². The monoisotopic (exact) mass is 501 g/mol. The molecular weight excluding hydrogens is 470 g/mol. The van der Waals surface area contributed by atoms with Gasteiger partial charge in [0.25, 0.3) is 10.1 Å². The lowest BCUT2D eigenvalue weighted by Gasteiger charge is -2.37. The molecule has 10 nitrogen and oxygen atoms in total. The summed E-state index contributed by atoms with van der Waals surface area (Å²) < 4.78 is 35.8. The van der Waals surface area contributed by atoms with Crippen molar-refractivity contribution in [2.45, 2.75) is 26.0 Å². The third kappa shape index (κ3) is 5.68. The summed E-state index contributed by atoms with van der Waals surface area (Å²) in [6.45, 7) is 6.89. The van der Waals surface area contributed by atoms with Crippen LogP contribution in [0.25, 0.3) is 5.69 Å². The quantitative estimate of drug-likeness (QED) is 0.434. The maximum Gasteiger partial charge on any atom is 0.350 e. The van der Waals surface area contributed by atoms with Crippen molar-refractivity contribution in [1.29, 1.82) is 0 Å². The number of hydrogen-bond donors (Lipinski definition) is 0. The molecule has 4 rings (SSSR count). The van der Waals surface area contributed by atoms with Gasteiger partial charge in [-0.25, -0.2) is 14.0 Å². The Morgan fingerprint density at radius 3 is 1.83 bits per heavy atom. The molecule has 11 heteroatoms. The van der Waals surface area contributed by atoms with Gasteiger partial charge in [-0.3, -0.25) is 4.18 Å². The first-order valence-electron chi connectivity index (χ1n) is 11.4. The molecule has 0 N–H and O–H groups in total. The Labute approximate surface area is 205 Å². The van der Waals surface area contributed by atoms with E-state index in [1.807, 2.05) is 36.4 Å². The Bertz CT molecular complexity index is 1290. The molecule has 1 aliphatic rings. The van der Waals surface area contributed by atoms with Crippen molar-refractivity contribution >= 4 is 21.5 Å². The number of piperazine rings is 1. The minimum atomic E-state index is -3.64. The van der Waals surface area contributed by atoms with Crippen molar-refractivity contribution in [3.05, 3.63) is 65.3 Å². The van der Waals surface area contributed by atoms with E-state index in [-0.39, 0.29) is 5.69 Å². The van der Waals surface area contributed by atoms with E-state index in [1.54, 1.807) is 21.0 Å². The first-order valence-corrected chi connectivity index (χ1v) is 13.3. The van der Waals surface area contributed by atoms with Gasteiger partial charge in [0, 0.05) is 37.6 Å². The van der Waals surface area contributed by atoms with Crippen LogP contribution in [0.15, 0.2) is 59.7 Å². The van der Waals surface area contributed by atoms with E-state index in [1.165, 1.54) is 21.3 Å². The van der Waals surface area contributed by atoms with Crippen LogP contribution < -0.4 is 20.2 Å². The van der Waals surface area contributed by atoms with Gasteiger partial charge in [-0.1, -0.05) is 0 Å². The van der Waals surface area contributed by atoms with Gasteiger partial charge in [0.2, 0.25) is 0 Å². The zero-order valence-electron chi connectivity index (χ0n) is 20.4. The molecule has 2 heterocycles. The molecule has 35 heavy (non-hydrogen) atoms. The maximum absolute atomic E-state index is 12.9. The first-order chi connectivity index (χ1) is 16.7. The molecule has 0 amide bonds. The highest BCUT2D eigenvalue weighted by atomic mass is 32.2. The summed E-state index contributed by atoms with van der Waals surface area (Å²) in [6, 6.07) is 15.3. The van der Waals surface area contributed by atoms with Gasteiger partial charge in [-0.15, -0.1) is 0 Å². The van der Waals surface area contributed by atoms with Gasteiger partial charge in [-0.05, 0) is 62.4 Å². The molecule has 1 aliphatic heterocycles. The molecule has 2 aromatic carbocycles. The van der Waals surface area contributed by atoms with E-state index < -0.39 is 22.3 Å². The highest BCUT2D eigenvalue weighted by molar-refractivity contribution is 7.86. The molecular formula is C24H31N5O5S. The van der Waals surface area contributed by atoms with Crippen molar-refractivity contribution in [3.8, 4) is 11.4 Å². The molecule has 0 bridgehead atoms. The number of nitrogens with zero attached hydrogens (tertiary/aromatic N) is 5. The summed E-state index contributed by atoms with van der Waals surface area (Å²) in [5.41, 5.74) is 2.60. The van der Waals surface area contributed by atoms with Crippen LogP contribution in [-0.4, -0.2) is 68.4 Å². The number of hydrogen-bond acceptors (Lipinski definition) is 8. The SMILES string of the molecule is COc1ccc(N2CCN(c3ccc(-n4cnn([C@H](C)[C@H](C)OS(C)(=O)=O)c4=O)cc3)CC2)cc1. The normalized spacial score (nSPS) is 16.2. The van der Waals surface area contributed by atoms with Crippen LogP contribution >= 0.6 is 0 Å². The maximum atomic E-state index is 12.9. The fourth-order valence-electron chi connectivity index (χ4n) is 4.17. The van der Waals surface area contributed by atoms with E-state index in [0.717, 1.165) is 43.9 Å². The fraction of sp³-hybridized carbons (Fsp3) is 0.417. The second-order valence-corrected chi connectivity index (χ2v) is 10.3. The van der Waals surface area contributed by atoms with E-state index in [9.17, 15) is 13.2 Å². The second kappa shape index (κ2) is 10.1. The largest absolute Gasteiger partial charge is 0.497 e. The Morgan fingerprint density at radius 1 is 0.857 bits per heavy atom. The lowest BCUT2D eigenvalue weighted by atomic mass is 10.2. The summed E-state index contributed by atoms with van der Waals surface area (Å²) in [5.74, 6) is 0.850. The predicted molar refractivity (Wildman–Crippen MR) is 135 cm³/mol. The predicted octanol–water partition coefficient (Wildman–Crippen LogP) is 2.29. The van der Waals surface area contributed by atoms with E-state index in [0.29, 0.717) is 5.69 Å². The van der Waals surface area contributed by atoms with Crippen LogP contribution in [0.4, 0.5) is 11.4 Å². The molecule has 0 saturated carbocycles. The van der Waals surface area contributed by atoms with Crippen LogP contribution in [0.3, 0.4) is 0 Å². The highest BCUT2D eigenvalue weighted by Gasteiger charge is 2.23. The summed E-state index contributed by atoms with van der Waals surface area (Å²) in [4.78, 5) is 17.6. The van der Waals surface area contributed by atoms with Crippen LogP contribution in [-0.2, 0) is 14.3 Å². The van der Waals surface area contributed by atoms with Gasteiger partial charge in [0.1, 0.15) is 12.1 Å². The number of aromatic nitrogens is 3. The zero-order chi connectivity index (χ0) is 25.2. The second-order valence-electron chi connectivity index (χ2n) is 8.66. The first kappa shape index (κ1) is 24.8. The Balaban J connectivity index is 1.41. The Kier molecular flexibility index (Phi) is 7.18. The number of rotatable bonds is 8. The zero-order valence-corrected chi connectivity index (χ0v) is 21.2. The average molecular weight is 502 g/mol. The smallest absolute Gasteiger partial charge is 0.350 e. The van der Waals surface area contributed by atoms with Gasteiger partial charge in [-0.2, -0.15) is 13.5 Å². The van der Waals surface area contributed by atoms with E-state index >= 15 is 0 Å². The minimum Gasteiger partial charge on any atom is -0.497 e. The molecule has 1 saturated heterocycles. The summed E-state index contributed by atoms with van der Waals surface area (Å²) in [7, 11) is -1.97. The number of benzene rings is 2. The number of ether oxygens (including phenoxy) is 1. The lowest BCUT2D eigenvalue weighted by molar-refractivity contribution is 0.163. The standard InChI is InChI=1S/C24H31N5O5S/c1-18(19(2)34-35(4,31)32)29-24(30)28(17-25-29)22-7-5-20(6-8-22)26-13-15-27(16-14-26)21-9-11-23(33-3)12-10-21/h5-12,17-19H,13-16H2,1-4H3/t18-,19+/m1/s1. The Hall–Kier alpha value is -3.31. The Morgan fingerprint density at radius 2 is 1.34 bits per heavy atom. The van der Waals surface area contributed by atoms with Crippen molar-refractivity contribution < 1.29 is 17.3 Å². The van der Waals surface area contributed by atoms with Crippen molar-refractivity contribution in [2.24, 2.45) is 0 Å². The molecule has 0 unspecified atom stereocenters. The average Bonchev–Trinajstić information content (AvgIpc) is 3.24. The number of anilines is 2. The third-order valence-corrected chi connectivity index (χ3v) is 6.95. The molecule has 0 radical (unpaired) electrons. The van der Waals surface area contributed by atoms with Crippen LogP contribution in [0, 0.1) is 0 Å². The van der Waals surface area contributed by atoms with Gasteiger partial charge >= 0.3 is 5.69 Å². The summed E-state index contributed by atoms with van der Waals surface area (Å²) in [6.07, 6.45) is 1.69. The number of methoxy groups -OCH3 is 1. The topological polar surface area (TPSA) is 98.9 Å². The highest BCUT2D eigenvalue weighted by Crippen LogP contribution is 2.23. The molecule has 3 aromatic rings. The van der Waals surface area contributed by atoms with Gasteiger partial charge in [0.15, 0.2) is 0 Å². The van der Waals surface area contributed by atoms with Crippen molar-refractivity contribution in [1.82, 2.24) is 14.3 Å². The van der Waals surface area contributed by atoms with Gasteiger partial charge in [0.05, 0.1) is 31.2 Å². The molecule has 0 spiro atoms. The molecule has 188 valence electrons. The van der Waals surface area contributed by atoms with Crippen LogP contribution in [0.5, 0.6) is 5.75 Å². The van der Waals surface area contributed by atoms with Crippen LogP contribution in [0.2, 0.25) is 0 Å². The van der Waals surface area contributed by atoms with E-state index in [2.05, 4.69) is 27.0 Å². The fourth-order valence-corrected chi connectivity index (χ4v) is 4.88. The molecule has 1 fully saturated rings. The van der Waals surface area contributed by atoms with Crippen molar-refractivity contribution in [3.63, 3.8) is 0 Å². The summed E-state index contributed by atoms with van der Waals surface area (Å²) >= 11 is 0. The third-order valence-electron chi connectivity index (χ3n) is 6.30. The van der Waals surface area contributed by atoms with Gasteiger partial charge < -0.3 is 14.5 Å².